The highest BCUT2D eigenvalue weighted by Gasteiger charge is 2.31. The van der Waals surface area contributed by atoms with Crippen molar-refractivity contribution in [2.24, 2.45) is 22.4 Å². The summed E-state index contributed by atoms with van der Waals surface area (Å²) in [5.74, 6) is -1.63. The van der Waals surface area contributed by atoms with E-state index in [1.165, 1.54) is 36.7 Å². The molecule has 1 aromatic carbocycles. The first kappa shape index (κ1) is 26.1. The van der Waals surface area contributed by atoms with Gasteiger partial charge in [-0.1, -0.05) is 0 Å². The van der Waals surface area contributed by atoms with E-state index >= 15 is 0 Å². The number of amides is 2. The highest BCUT2D eigenvalue weighted by molar-refractivity contribution is 6.20. The van der Waals surface area contributed by atoms with Crippen LogP contribution in [0.25, 0.3) is 0 Å². The average molecular weight is 490 g/mol. The van der Waals surface area contributed by atoms with E-state index in [0.717, 1.165) is 13.1 Å². The van der Waals surface area contributed by atoms with E-state index in [2.05, 4.69) is 15.2 Å². The Morgan fingerprint density at radius 3 is 2.60 bits per heavy atom. The van der Waals surface area contributed by atoms with Crippen LogP contribution in [0.4, 0.5) is 14.9 Å². The molecule has 2 aliphatic heterocycles. The molecule has 2 heterocycles. The number of hydrogen-bond acceptors (Lipinski definition) is 8. The lowest BCUT2D eigenvalue weighted by Gasteiger charge is -2.36. The lowest BCUT2D eigenvalue weighted by Crippen LogP contribution is -2.51. The number of primary amides is 1. The number of nitrogens with zero attached hydrogens (tertiary/aromatic N) is 3. The summed E-state index contributed by atoms with van der Waals surface area (Å²) in [6.45, 7) is 4.70. The summed E-state index contributed by atoms with van der Waals surface area (Å²) >= 11 is 0. The van der Waals surface area contributed by atoms with Crippen LogP contribution in [0.3, 0.4) is 0 Å². The van der Waals surface area contributed by atoms with Crippen molar-refractivity contribution in [2.45, 2.75) is 12.5 Å². The number of benzene rings is 1. The van der Waals surface area contributed by atoms with Crippen LogP contribution >= 0.6 is 0 Å². The third kappa shape index (κ3) is 7.76. The van der Waals surface area contributed by atoms with Gasteiger partial charge < -0.3 is 36.6 Å². The van der Waals surface area contributed by atoms with Gasteiger partial charge in [-0.3, -0.25) is 9.69 Å². The van der Waals surface area contributed by atoms with Crippen LogP contribution in [0.5, 0.6) is 0 Å². The molecule has 1 aromatic rings. The Morgan fingerprint density at radius 1 is 1.23 bits per heavy atom. The fraction of sp³-hybridized carbons (Fsp3) is 0.478. The number of morpholine rings is 1. The Labute approximate surface area is 203 Å². The first-order chi connectivity index (χ1) is 16.9. The Hall–Kier alpha value is -3.51. The van der Waals surface area contributed by atoms with Crippen molar-refractivity contribution in [3.8, 4) is 0 Å². The number of carbonyl (C=O) groups excluding carboxylic acids is 2. The molecule has 0 radical (unpaired) electrons. The molecule has 12 heteroatoms. The van der Waals surface area contributed by atoms with Gasteiger partial charge in [-0.05, 0) is 30.7 Å². The summed E-state index contributed by atoms with van der Waals surface area (Å²) in [6.07, 6.45) is 2.75. The number of aliphatic imine (C=N–C) groups is 1. The maximum Gasteiger partial charge on any atom is 0.409 e. The normalized spacial score (nSPS) is 21.9. The fourth-order valence-corrected chi connectivity index (χ4v) is 3.88. The number of nitrogens with one attached hydrogen (secondary N) is 2. The molecule has 2 aliphatic rings. The van der Waals surface area contributed by atoms with Gasteiger partial charge in [-0.15, -0.1) is 0 Å². The van der Waals surface area contributed by atoms with E-state index in [1.807, 2.05) is 0 Å². The lowest BCUT2D eigenvalue weighted by atomic mass is 9.93. The second-order valence-electron chi connectivity index (χ2n) is 8.30. The molecular weight excluding hydrogens is 457 g/mol. The maximum atomic E-state index is 13.1. The van der Waals surface area contributed by atoms with Crippen LogP contribution in [0.2, 0.25) is 0 Å². The molecule has 190 valence electrons. The van der Waals surface area contributed by atoms with E-state index in [4.69, 9.17) is 26.4 Å². The highest BCUT2D eigenvalue weighted by Crippen LogP contribution is 2.18. The number of nitrogens with two attached hydrogens (primary N) is 2. The molecule has 2 fully saturated rings. The minimum Gasteiger partial charge on any atom is -0.448 e. The predicted octanol–water partition coefficient (Wildman–Crippen LogP) is 0.582. The molecular formula is C23H32FN7O4. The molecule has 0 unspecified atom stereocenters. The molecule has 11 nitrogen and oxygen atoms in total. The van der Waals surface area contributed by atoms with E-state index in [0.29, 0.717) is 51.6 Å². The third-order valence-corrected chi connectivity index (χ3v) is 5.93. The van der Waals surface area contributed by atoms with Crippen LogP contribution in [0, 0.1) is 17.1 Å². The average Bonchev–Trinajstić information content (AvgIpc) is 2.86. The Kier molecular flexibility index (Phi) is 9.56. The van der Waals surface area contributed by atoms with Crippen LogP contribution in [0.15, 0.2) is 41.0 Å². The SMILES string of the molecule is N=C[C@@H]1CN(C(=O)OCCN2CCOCC2)CC[C@H]1N/C=C(/C(N)=O)C(N)=Nc1ccc(F)cc1. The van der Waals surface area contributed by atoms with E-state index in [9.17, 15) is 14.0 Å². The summed E-state index contributed by atoms with van der Waals surface area (Å²) in [5, 5.41) is 10.9. The number of carbonyl (C=O) groups is 2. The zero-order valence-electron chi connectivity index (χ0n) is 19.5. The highest BCUT2D eigenvalue weighted by atomic mass is 19.1. The molecule has 2 atom stereocenters. The van der Waals surface area contributed by atoms with Crippen LogP contribution < -0.4 is 16.8 Å². The summed E-state index contributed by atoms with van der Waals surface area (Å²) in [4.78, 5) is 32.3. The summed E-state index contributed by atoms with van der Waals surface area (Å²) in [5.41, 5.74) is 11.8. The van der Waals surface area contributed by atoms with Gasteiger partial charge >= 0.3 is 6.09 Å². The summed E-state index contributed by atoms with van der Waals surface area (Å²) in [7, 11) is 0. The largest absolute Gasteiger partial charge is 0.448 e. The number of ether oxygens (including phenoxy) is 2. The molecule has 0 spiro atoms. The number of halogens is 1. The van der Waals surface area contributed by atoms with Crippen LogP contribution in [0.1, 0.15) is 6.42 Å². The molecule has 0 bridgehead atoms. The fourth-order valence-electron chi connectivity index (χ4n) is 3.88. The van der Waals surface area contributed by atoms with Gasteiger partial charge in [0.2, 0.25) is 0 Å². The second-order valence-corrected chi connectivity index (χ2v) is 8.30. The van der Waals surface area contributed by atoms with Crippen molar-refractivity contribution >= 4 is 29.7 Å². The van der Waals surface area contributed by atoms with Crippen LogP contribution in [-0.4, -0.2) is 92.4 Å². The molecule has 0 aromatic heterocycles. The first-order valence-electron chi connectivity index (χ1n) is 11.5. The molecule has 2 saturated heterocycles. The lowest BCUT2D eigenvalue weighted by molar-refractivity contribution is -0.114. The topological polar surface area (TPSA) is 159 Å². The zero-order chi connectivity index (χ0) is 25.2. The minimum absolute atomic E-state index is 0.0389. The second kappa shape index (κ2) is 12.8. The van der Waals surface area contributed by atoms with Crippen molar-refractivity contribution < 1.29 is 23.5 Å². The minimum atomic E-state index is -0.784. The Morgan fingerprint density at radius 2 is 1.94 bits per heavy atom. The van der Waals surface area contributed by atoms with Gasteiger partial charge in [0.15, 0.2) is 0 Å². The predicted molar refractivity (Wildman–Crippen MR) is 129 cm³/mol. The Balaban J connectivity index is 1.54. The van der Waals surface area contributed by atoms with Crippen molar-refractivity contribution in [3.63, 3.8) is 0 Å². The standard InChI is InChI=1S/C23H32FN7O4/c24-17-1-3-18(4-2-17)29-21(26)19(22(27)32)14-28-20-5-6-31(15-16(20)13-25)23(33)35-12-9-30-7-10-34-11-8-30/h1-4,13-14,16,20,25,28H,5-12,15H2,(H2,26,29)(H2,27,32)/b19-14+,25-13?/t16-,20-/m1/s1. The van der Waals surface area contributed by atoms with Gasteiger partial charge in [-0.2, -0.15) is 0 Å². The molecule has 0 saturated carbocycles. The molecule has 2 amide bonds. The van der Waals surface area contributed by atoms with Crippen molar-refractivity contribution in [1.29, 1.82) is 5.41 Å². The number of likely N-dealkylation sites (tertiary alicyclic amines) is 1. The van der Waals surface area contributed by atoms with Gasteiger partial charge in [0.25, 0.3) is 5.91 Å². The van der Waals surface area contributed by atoms with Crippen molar-refractivity contribution in [1.82, 2.24) is 15.1 Å². The first-order valence-corrected chi connectivity index (χ1v) is 11.5. The Bertz CT molecular complexity index is 948. The smallest absolute Gasteiger partial charge is 0.409 e. The van der Waals surface area contributed by atoms with Gasteiger partial charge in [0.1, 0.15) is 18.3 Å². The van der Waals surface area contributed by atoms with Gasteiger partial charge in [0, 0.05) is 57.1 Å². The number of piperidine rings is 1. The summed E-state index contributed by atoms with van der Waals surface area (Å²) in [6, 6.07) is 5.09. The molecule has 6 N–H and O–H groups in total. The summed E-state index contributed by atoms with van der Waals surface area (Å²) < 4.78 is 23.8. The monoisotopic (exact) mass is 489 g/mol. The van der Waals surface area contributed by atoms with Gasteiger partial charge in [0.05, 0.1) is 24.5 Å². The number of hydrogen-bond donors (Lipinski definition) is 4. The van der Waals surface area contributed by atoms with Crippen molar-refractivity contribution in [2.75, 3.05) is 52.5 Å². The maximum absolute atomic E-state index is 13.1. The molecule has 0 aliphatic carbocycles. The van der Waals surface area contributed by atoms with E-state index in [1.54, 1.807) is 4.90 Å². The zero-order valence-corrected chi connectivity index (χ0v) is 19.5. The van der Waals surface area contributed by atoms with Crippen molar-refractivity contribution in [3.05, 3.63) is 41.9 Å². The quantitative estimate of drug-likeness (QED) is 0.224. The molecule has 35 heavy (non-hydrogen) atoms. The van der Waals surface area contributed by atoms with E-state index in [-0.39, 0.29) is 23.4 Å². The third-order valence-electron chi connectivity index (χ3n) is 5.93. The molecule has 3 rings (SSSR count). The van der Waals surface area contributed by atoms with Crippen LogP contribution in [-0.2, 0) is 14.3 Å². The van der Waals surface area contributed by atoms with E-state index < -0.39 is 17.8 Å². The number of amidine groups is 1. The number of rotatable bonds is 9. The van der Waals surface area contributed by atoms with Gasteiger partial charge in [-0.25, -0.2) is 14.2 Å².